The van der Waals surface area contributed by atoms with Crippen LogP contribution in [0.4, 0.5) is 5.00 Å². The molecule has 3 N–H and O–H groups in total. The SMILES string of the molecule is COc1cc(/C=C/C(=O)Nc2sc3c(c2C(N)=O)CCCC3)ccc1OCc1ccccc1C. The van der Waals surface area contributed by atoms with Gasteiger partial charge >= 0.3 is 0 Å². The summed E-state index contributed by atoms with van der Waals surface area (Å²) >= 11 is 1.45. The minimum atomic E-state index is -0.496. The zero-order valence-corrected chi connectivity index (χ0v) is 20.2. The van der Waals surface area contributed by atoms with Gasteiger partial charge in [-0.2, -0.15) is 0 Å². The molecule has 176 valence electrons. The topological polar surface area (TPSA) is 90.6 Å². The second-order valence-electron chi connectivity index (χ2n) is 8.23. The summed E-state index contributed by atoms with van der Waals surface area (Å²) in [5.74, 6) is 0.394. The van der Waals surface area contributed by atoms with Crippen LogP contribution in [0.15, 0.2) is 48.5 Å². The lowest BCUT2D eigenvalue weighted by Gasteiger charge is -2.12. The van der Waals surface area contributed by atoms with Gasteiger partial charge in [0, 0.05) is 11.0 Å². The average Bonchev–Trinajstić information content (AvgIpc) is 3.20. The largest absolute Gasteiger partial charge is 0.493 e. The quantitative estimate of drug-likeness (QED) is 0.433. The van der Waals surface area contributed by atoms with Crippen LogP contribution in [0.3, 0.4) is 0 Å². The second kappa shape index (κ2) is 10.6. The normalized spacial score (nSPS) is 12.9. The van der Waals surface area contributed by atoms with E-state index < -0.39 is 5.91 Å². The Morgan fingerprint density at radius 2 is 1.91 bits per heavy atom. The van der Waals surface area contributed by atoms with Crippen molar-refractivity contribution in [2.45, 2.75) is 39.2 Å². The molecule has 4 rings (SSSR count). The number of ether oxygens (including phenoxy) is 2. The maximum Gasteiger partial charge on any atom is 0.251 e. The van der Waals surface area contributed by atoms with E-state index in [2.05, 4.69) is 5.32 Å². The fourth-order valence-corrected chi connectivity index (χ4v) is 5.37. The van der Waals surface area contributed by atoms with Crippen LogP contribution < -0.4 is 20.5 Å². The second-order valence-corrected chi connectivity index (χ2v) is 9.33. The van der Waals surface area contributed by atoms with Gasteiger partial charge < -0.3 is 20.5 Å². The Balaban J connectivity index is 1.44. The third-order valence-corrected chi connectivity index (χ3v) is 7.12. The number of nitrogens with one attached hydrogen (secondary N) is 1. The van der Waals surface area contributed by atoms with Gasteiger partial charge in [0.05, 0.1) is 12.7 Å². The lowest BCUT2D eigenvalue weighted by molar-refractivity contribution is -0.111. The standard InChI is InChI=1S/C27H28N2O4S/c1-17-7-3-4-8-19(17)16-33-21-13-11-18(15-22(21)32-2)12-14-24(30)29-27-25(26(28)31)20-9-5-6-10-23(20)34-27/h3-4,7-8,11-15H,5-6,9-10,16H2,1-2H3,(H2,28,31)(H,29,30)/b14-12+. The summed E-state index contributed by atoms with van der Waals surface area (Å²) in [5, 5.41) is 3.37. The number of nitrogens with two attached hydrogens (primary N) is 1. The molecular formula is C27H28N2O4S. The fraction of sp³-hybridized carbons (Fsp3) is 0.259. The van der Waals surface area contributed by atoms with Crippen molar-refractivity contribution in [1.29, 1.82) is 0 Å². The van der Waals surface area contributed by atoms with Crippen molar-refractivity contribution in [2.24, 2.45) is 5.73 Å². The molecule has 0 fully saturated rings. The number of fused-ring (bicyclic) bond motifs is 1. The third-order valence-electron chi connectivity index (χ3n) is 5.91. The molecule has 0 bridgehead atoms. The molecule has 34 heavy (non-hydrogen) atoms. The van der Waals surface area contributed by atoms with Crippen molar-refractivity contribution in [3.63, 3.8) is 0 Å². The third kappa shape index (κ3) is 5.31. The van der Waals surface area contributed by atoms with Gasteiger partial charge in [0.2, 0.25) is 5.91 Å². The van der Waals surface area contributed by atoms with Gasteiger partial charge in [0.1, 0.15) is 11.6 Å². The fourth-order valence-electron chi connectivity index (χ4n) is 4.07. The molecule has 0 saturated heterocycles. The van der Waals surface area contributed by atoms with E-state index in [0.717, 1.165) is 52.8 Å². The van der Waals surface area contributed by atoms with Crippen molar-refractivity contribution >= 4 is 34.2 Å². The number of benzene rings is 2. The first kappa shape index (κ1) is 23.6. The van der Waals surface area contributed by atoms with Gasteiger partial charge in [-0.3, -0.25) is 9.59 Å². The van der Waals surface area contributed by atoms with E-state index in [-0.39, 0.29) is 5.91 Å². The van der Waals surface area contributed by atoms with E-state index in [1.807, 2.05) is 49.4 Å². The number of primary amides is 1. The molecule has 1 aromatic heterocycles. The van der Waals surface area contributed by atoms with E-state index in [9.17, 15) is 9.59 Å². The predicted molar refractivity (Wildman–Crippen MR) is 136 cm³/mol. The van der Waals surface area contributed by atoms with Crippen LogP contribution in [-0.4, -0.2) is 18.9 Å². The van der Waals surface area contributed by atoms with Gasteiger partial charge in [0.25, 0.3) is 5.91 Å². The number of aryl methyl sites for hydroxylation is 2. The molecule has 0 radical (unpaired) electrons. The summed E-state index contributed by atoms with van der Waals surface area (Å²) in [6, 6.07) is 13.6. The van der Waals surface area contributed by atoms with Crippen LogP contribution in [0.1, 0.15) is 50.3 Å². The van der Waals surface area contributed by atoms with E-state index >= 15 is 0 Å². The molecule has 0 unspecified atom stereocenters. The van der Waals surface area contributed by atoms with Gasteiger partial charge in [-0.25, -0.2) is 0 Å². The molecule has 3 aromatic rings. The van der Waals surface area contributed by atoms with Crippen molar-refractivity contribution in [3.8, 4) is 11.5 Å². The first-order valence-corrected chi connectivity index (χ1v) is 12.1. The Bertz CT molecular complexity index is 1250. The number of methoxy groups -OCH3 is 1. The van der Waals surface area contributed by atoms with Crippen LogP contribution in [0, 0.1) is 6.92 Å². The van der Waals surface area contributed by atoms with Gasteiger partial charge in [0.15, 0.2) is 11.5 Å². The van der Waals surface area contributed by atoms with Crippen molar-refractivity contribution < 1.29 is 19.1 Å². The average molecular weight is 477 g/mol. The minimum absolute atomic E-state index is 0.319. The molecule has 7 heteroatoms. The Kier molecular flexibility index (Phi) is 7.33. The number of rotatable bonds is 8. The first-order valence-electron chi connectivity index (χ1n) is 11.2. The highest BCUT2D eigenvalue weighted by Crippen LogP contribution is 2.38. The number of amides is 2. The number of thiophene rings is 1. The summed E-state index contributed by atoms with van der Waals surface area (Å²) in [7, 11) is 1.58. The zero-order valence-electron chi connectivity index (χ0n) is 19.4. The molecule has 0 atom stereocenters. The van der Waals surface area contributed by atoms with Crippen LogP contribution in [-0.2, 0) is 24.2 Å². The molecule has 1 heterocycles. The molecule has 1 aliphatic rings. The van der Waals surface area contributed by atoms with Crippen molar-refractivity contribution in [2.75, 3.05) is 12.4 Å². The van der Waals surface area contributed by atoms with Crippen LogP contribution in [0.25, 0.3) is 6.08 Å². The van der Waals surface area contributed by atoms with E-state index in [0.29, 0.717) is 28.7 Å². The molecule has 0 saturated carbocycles. The number of carbonyl (C=O) groups is 2. The molecular weight excluding hydrogens is 448 g/mol. The highest BCUT2D eigenvalue weighted by atomic mass is 32.1. The van der Waals surface area contributed by atoms with Crippen LogP contribution in [0.5, 0.6) is 11.5 Å². The number of hydrogen-bond acceptors (Lipinski definition) is 5. The molecule has 6 nitrogen and oxygen atoms in total. The highest BCUT2D eigenvalue weighted by molar-refractivity contribution is 7.17. The summed E-state index contributed by atoms with van der Waals surface area (Å²) in [4.78, 5) is 25.7. The van der Waals surface area contributed by atoms with Gasteiger partial charge in [-0.1, -0.05) is 30.3 Å². The maximum absolute atomic E-state index is 12.6. The van der Waals surface area contributed by atoms with Crippen LogP contribution >= 0.6 is 11.3 Å². The molecule has 1 aliphatic carbocycles. The molecule has 0 spiro atoms. The molecule has 0 aliphatic heterocycles. The number of anilines is 1. The summed E-state index contributed by atoms with van der Waals surface area (Å²) in [6.45, 7) is 2.49. The lowest BCUT2D eigenvalue weighted by atomic mass is 9.95. The maximum atomic E-state index is 12.6. The Hall–Kier alpha value is -3.58. The smallest absolute Gasteiger partial charge is 0.251 e. The number of carbonyl (C=O) groups excluding carboxylic acids is 2. The van der Waals surface area contributed by atoms with Crippen molar-refractivity contribution in [1.82, 2.24) is 0 Å². The Morgan fingerprint density at radius 1 is 1.12 bits per heavy atom. The van der Waals surface area contributed by atoms with Crippen molar-refractivity contribution in [3.05, 3.63) is 81.2 Å². The predicted octanol–water partition coefficient (Wildman–Crippen LogP) is 5.27. The Labute approximate surface area is 203 Å². The van der Waals surface area contributed by atoms with E-state index in [1.54, 1.807) is 13.2 Å². The Morgan fingerprint density at radius 3 is 2.68 bits per heavy atom. The summed E-state index contributed by atoms with van der Waals surface area (Å²) in [6.07, 6.45) is 7.00. The monoisotopic (exact) mass is 476 g/mol. The van der Waals surface area contributed by atoms with E-state index in [4.69, 9.17) is 15.2 Å². The number of hydrogen-bond donors (Lipinski definition) is 2. The minimum Gasteiger partial charge on any atom is -0.493 e. The van der Waals surface area contributed by atoms with Crippen LogP contribution in [0.2, 0.25) is 0 Å². The highest BCUT2D eigenvalue weighted by Gasteiger charge is 2.24. The summed E-state index contributed by atoms with van der Waals surface area (Å²) < 4.78 is 11.4. The van der Waals surface area contributed by atoms with Gasteiger partial charge in [-0.15, -0.1) is 11.3 Å². The zero-order chi connectivity index (χ0) is 24.1. The molecule has 2 aromatic carbocycles. The summed E-state index contributed by atoms with van der Waals surface area (Å²) in [5.41, 5.74) is 10.1. The van der Waals surface area contributed by atoms with E-state index in [1.165, 1.54) is 17.4 Å². The van der Waals surface area contributed by atoms with Gasteiger partial charge in [-0.05, 0) is 73.1 Å². The first-order chi connectivity index (χ1) is 16.5. The molecule has 2 amide bonds. The lowest BCUT2D eigenvalue weighted by Crippen LogP contribution is -2.17.